The number of carbonyl (C=O) groups is 2. The average molecular weight is 480 g/mol. The summed E-state index contributed by atoms with van der Waals surface area (Å²) in [6, 6.07) is 17.4. The molecule has 0 spiro atoms. The lowest BCUT2D eigenvalue weighted by Gasteiger charge is -2.16. The van der Waals surface area contributed by atoms with Crippen molar-refractivity contribution in [3.8, 4) is 17.0 Å². The van der Waals surface area contributed by atoms with Gasteiger partial charge in [-0.05, 0) is 61.7 Å². The number of hydrogen-bond acceptors (Lipinski definition) is 5. The van der Waals surface area contributed by atoms with Crippen molar-refractivity contribution < 1.29 is 28.9 Å². The molecule has 1 aromatic heterocycles. The first-order chi connectivity index (χ1) is 16.9. The summed E-state index contributed by atoms with van der Waals surface area (Å²) >= 11 is 0. The van der Waals surface area contributed by atoms with Crippen LogP contribution in [0.25, 0.3) is 11.3 Å². The predicted molar refractivity (Wildman–Crippen MR) is 134 cm³/mol. The minimum Gasteiger partial charge on any atom is -0.492 e. The lowest BCUT2D eigenvalue weighted by Crippen LogP contribution is -2.28. The van der Waals surface area contributed by atoms with Gasteiger partial charge in [-0.2, -0.15) is 0 Å². The molecule has 0 saturated heterocycles. The third-order valence-corrected chi connectivity index (χ3v) is 5.76. The lowest BCUT2D eigenvalue weighted by atomic mass is 9.98. The number of benzene rings is 2. The van der Waals surface area contributed by atoms with Gasteiger partial charge in [0, 0.05) is 30.5 Å². The molecule has 3 rings (SSSR count). The molecule has 3 aromatic rings. The van der Waals surface area contributed by atoms with E-state index in [1.165, 1.54) is 0 Å². The molecule has 0 aliphatic rings. The highest BCUT2D eigenvalue weighted by molar-refractivity contribution is 5.75. The highest BCUT2D eigenvalue weighted by Crippen LogP contribution is 2.27. The summed E-state index contributed by atoms with van der Waals surface area (Å²) < 4.78 is 18.7. The van der Waals surface area contributed by atoms with Gasteiger partial charge in [0.25, 0.3) is 0 Å². The van der Waals surface area contributed by atoms with Gasteiger partial charge in [-0.1, -0.05) is 30.3 Å². The molecule has 0 amide bonds. The Morgan fingerprint density at radius 3 is 2.46 bits per heavy atom. The first-order valence-corrected chi connectivity index (χ1v) is 11.9. The van der Waals surface area contributed by atoms with Crippen LogP contribution in [0.2, 0.25) is 0 Å². The van der Waals surface area contributed by atoms with E-state index in [1.54, 1.807) is 6.92 Å². The molecule has 1 heterocycles. The van der Waals surface area contributed by atoms with E-state index >= 15 is 0 Å². The Hall–Kier alpha value is -3.58. The fourth-order valence-electron chi connectivity index (χ4n) is 4.01. The van der Waals surface area contributed by atoms with Crippen molar-refractivity contribution in [2.75, 3.05) is 19.8 Å². The molecule has 1 unspecified atom stereocenters. The maximum atomic E-state index is 12.1. The van der Waals surface area contributed by atoms with E-state index in [-0.39, 0.29) is 12.4 Å². The van der Waals surface area contributed by atoms with Gasteiger partial charge >= 0.3 is 11.9 Å². The number of aromatic nitrogens is 1. The summed E-state index contributed by atoms with van der Waals surface area (Å²) in [6.45, 7) is 7.47. The van der Waals surface area contributed by atoms with E-state index in [4.69, 9.17) is 14.2 Å². The number of carboxylic acid groups (broad SMARTS) is 1. The van der Waals surface area contributed by atoms with Gasteiger partial charge in [-0.15, -0.1) is 0 Å². The summed E-state index contributed by atoms with van der Waals surface area (Å²) in [4.78, 5) is 23.2. The van der Waals surface area contributed by atoms with Crippen molar-refractivity contribution in [3.63, 3.8) is 0 Å². The predicted octanol–water partition coefficient (Wildman–Crippen LogP) is 4.68. The van der Waals surface area contributed by atoms with Crippen LogP contribution >= 0.6 is 0 Å². The van der Waals surface area contributed by atoms with E-state index in [1.807, 2.05) is 74.6 Å². The van der Waals surface area contributed by atoms with Crippen LogP contribution in [0.3, 0.4) is 0 Å². The molecule has 7 heteroatoms. The van der Waals surface area contributed by atoms with Gasteiger partial charge in [0.05, 0.1) is 19.6 Å². The fraction of sp³-hybridized carbons (Fsp3) is 0.357. The molecular weight excluding hydrogens is 446 g/mol. The molecule has 1 atom stereocenters. The Kier molecular flexibility index (Phi) is 9.49. The SMILES string of the molecule is CCOC(=O)C(Cc1ccc(OCCn2cccc2-c2cccc(CC(=O)O)c2C)cc1)OCC. The Labute approximate surface area is 206 Å². The number of rotatable bonds is 13. The lowest BCUT2D eigenvalue weighted by molar-refractivity contribution is -0.156. The van der Waals surface area contributed by atoms with Gasteiger partial charge < -0.3 is 23.9 Å². The van der Waals surface area contributed by atoms with Crippen LogP contribution in [0, 0.1) is 6.92 Å². The van der Waals surface area contributed by atoms with E-state index in [9.17, 15) is 14.7 Å². The van der Waals surface area contributed by atoms with Crippen molar-refractivity contribution in [3.05, 3.63) is 77.5 Å². The van der Waals surface area contributed by atoms with Crippen LogP contribution in [-0.4, -0.2) is 47.5 Å². The number of carbonyl (C=O) groups excluding carboxylic acids is 1. The Morgan fingerprint density at radius 1 is 1.00 bits per heavy atom. The zero-order valence-corrected chi connectivity index (χ0v) is 20.5. The number of nitrogens with zero attached hydrogens (tertiary/aromatic N) is 1. The minimum absolute atomic E-state index is 0.00456. The summed E-state index contributed by atoms with van der Waals surface area (Å²) in [5.41, 5.74) is 4.79. The standard InChI is InChI=1S/C28H33NO6/c1-4-33-26(28(32)34-5-2)18-21-11-13-23(14-12-21)35-17-16-29-15-7-10-25(29)24-9-6-8-22(20(24)3)19-27(30)31/h6-15,26H,4-5,16-19H2,1-3H3,(H,30,31). The third kappa shape index (κ3) is 7.20. The number of carboxylic acids is 1. The highest BCUT2D eigenvalue weighted by Gasteiger charge is 2.20. The van der Waals surface area contributed by atoms with E-state index in [0.29, 0.717) is 32.8 Å². The van der Waals surface area contributed by atoms with E-state index in [2.05, 4.69) is 4.57 Å². The van der Waals surface area contributed by atoms with Crippen molar-refractivity contribution in [2.24, 2.45) is 0 Å². The van der Waals surface area contributed by atoms with Crippen molar-refractivity contribution in [1.29, 1.82) is 0 Å². The second-order valence-electron chi connectivity index (χ2n) is 8.14. The smallest absolute Gasteiger partial charge is 0.335 e. The van der Waals surface area contributed by atoms with Crippen LogP contribution in [0.5, 0.6) is 5.75 Å². The molecule has 0 radical (unpaired) electrons. The summed E-state index contributed by atoms with van der Waals surface area (Å²) in [5.74, 6) is -0.443. The number of esters is 1. The van der Waals surface area contributed by atoms with Crippen molar-refractivity contribution in [1.82, 2.24) is 4.57 Å². The van der Waals surface area contributed by atoms with Crippen LogP contribution in [-0.2, 0) is 38.4 Å². The van der Waals surface area contributed by atoms with Crippen molar-refractivity contribution in [2.45, 2.75) is 46.3 Å². The van der Waals surface area contributed by atoms with Crippen LogP contribution in [0.1, 0.15) is 30.5 Å². The topological polar surface area (TPSA) is 87.0 Å². The zero-order chi connectivity index (χ0) is 25.2. The number of aliphatic carboxylic acids is 1. The number of ether oxygens (including phenoxy) is 3. The van der Waals surface area contributed by atoms with Gasteiger partial charge in [-0.3, -0.25) is 4.79 Å². The second kappa shape index (κ2) is 12.8. The monoisotopic (exact) mass is 479 g/mol. The molecule has 186 valence electrons. The van der Waals surface area contributed by atoms with Gasteiger partial charge in [-0.25, -0.2) is 4.79 Å². The molecule has 7 nitrogen and oxygen atoms in total. The summed E-state index contributed by atoms with van der Waals surface area (Å²) in [7, 11) is 0. The maximum Gasteiger partial charge on any atom is 0.335 e. The summed E-state index contributed by atoms with van der Waals surface area (Å²) in [6.07, 6.45) is 1.83. The molecule has 0 saturated carbocycles. The van der Waals surface area contributed by atoms with Gasteiger partial charge in [0.2, 0.25) is 0 Å². The van der Waals surface area contributed by atoms with Gasteiger partial charge in [0.15, 0.2) is 6.10 Å². The highest BCUT2D eigenvalue weighted by atomic mass is 16.6. The van der Waals surface area contributed by atoms with E-state index in [0.717, 1.165) is 33.7 Å². The molecule has 1 N–H and O–H groups in total. The average Bonchev–Trinajstić information content (AvgIpc) is 3.29. The van der Waals surface area contributed by atoms with Crippen LogP contribution < -0.4 is 4.74 Å². The number of hydrogen-bond donors (Lipinski definition) is 1. The second-order valence-corrected chi connectivity index (χ2v) is 8.14. The molecular formula is C28H33NO6. The summed E-state index contributed by atoms with van der Waals surface area (Å²) in [5, 5.41) is 9.17. The normalized spacial score (nSPS) is 11.7. The molecule has 35 heavy (non-hydrogen) atoms. The van der Waals surface area contributed by atoms with Crippen LogP contribution in [0.15, 0.2) is 60.8 Å². The molecule has 0 fully saturated rings. The zero-order valence-electron chi connectivity index (χ0n) is 20.5. The minimum atomic E-state index is -0.839. The first-order valence-electron chi connectivity index (χ1n) is 11.9. The Bertz CT molecular complexity index is 1120. The molecule has 2 aromatic carbocycles. The Balaban J connectivity index is 1.60. The largest absolute Gasteiger partial charge is 0.492 e. The van der Waals surface area contributed by atoms with Gasteiger partial charge in [0.1, 0.15) is 12.4 Å². The third-order valence-electron chi connectivity index (χ3n) is 5.76. The quantitative estimate of drug-likeness (QED) is 0.358. The van der Waals surface area contributed by atoms with Crippen LogP contribution in [0.4, 0.5) is 0 Å². The fourth-order valence-corrected chi connectivity index (χ4v) is 4.01. The molecule has 0 bridgehead atoms. The van der Waals surface area contributed by atoms with Crippen molar-refractivity contribution >= 4 is 11.9 Å². The first kappa shape index (κ1) is 26.0. The molecule has 0 aliphatic heterocycles. The molecule has 0 aliphatic carbocycles. The van der Waals surface area contributed by atoms with E-state index < -0.39 is 12.1 Å². The Morgan fingerprint density at radius 2 is 1.77 bits per heavy atom. The maximum absolute atomic E-state index is 12.1.